The van der Waals surface area contributed by atoms with Crippen LogP contribution >= 0.6 is 11.3 Å². The lowest BCUT2D eigenvalue weighted by molar-refractivity contribution is 0.934. The number of aryl methyl sites for hydroxylation is 1. The Morgan fingerprint density at radius 3 is 2.73 bits per heavy atom. The Morgan fingerprint density at radius 2 is 1.96 bits per heavy atom. The number of fused-ring (bicyclic) bond motifs is 1. The summed E-state index contributed by atoms with van der Waals surface area (Å²) in [6, 6.07) is 15.8. The number of nitrogens with zero attached hydrogens (tertiary/aromatic N) is 4. The normalized spacial score (nSPS) is 11.8. The van der Waals surface area contributed by atoms with E-state index in [9.17, 15) is 0 Å². The molecule has 0 atom stereocenters. The van der Waals surface area contributed by atoms with Gasteiger partial charge in [-0.25, -0.2) is 14.5 Å². The molecule has 0 aliphatic rings. The predicted molar refractivity (Wildman–Crippen MR) is 106 cm³/mol. The molecule has 4 aromatic rings. The van der Waals surface area contributed by atoms with Crippen LogP contribution in [0.4, 0.5) is 0 Å². The van der Waals surface area contributed by atoms with Crippen molar-refractivity contribution in [2.45, 2.75) is 6.92 Å². The fraction of sp³-hybridized carbons (Fsp3) is 0.0526. The van der Waals surface area contributed by atoms with Gasteiger partial charge in [-0.05, 0) is 19.1 Å². The lowest BCUT2D eigenvalue weighted by atomic mass is 10.1. The topological polar surface area (TPSA) is 92.4 Å². The van der Waals surface area contributed by atoms with Crippen molar-refractivity contribution < 1.29 is 0 Å². The largest absolute Gasteiger partial charge is 0.382 e. The maximum atomic E-state index is 7.22. The van der Waals surface area contributed by atoms with Crippen LogP contribution < -0.4 is 5.73 Å². The molecule has 0 aliphatic carbocycles. The van der Waals surface area contributed by atoms with E-state index in [0.717, 1.165) is 44.3 Å². The zero-order valence-corrected chi connectivity index (χ0v) is 14.9. The molecule has 0 fully saturated rings. The van der Waals surface area contributed by atoms with Crippen molar-refractivity contribution in [1.82, 2.24) is 14.6 Å². The molecule has 0 amide bonds. The van der Waals surface area contributed by atoms with Crippen LogP contribution in [0.5, 0.6) is 0 Å². The smallest absolute Gasteiger partial charge is 0.144 e. The fourth-order valence-corrected chi connectivity index (χ4v) is 4.00. The number of rotatable bonds is 4. The summed E-state index contributed by atoms with van der Waals surface area (Å²) in [5.74, 6) is 0.289. The first-order chi connectivity index (χ1) is 12.7. The second-order valence-corrected chi connectivity index (χ2v) is 6.70. The molecule has 0 aliphatic heterocycles. The van der Waals surface area contributed by atoms with E-state index >= 15 is 0 Å². The van der Waals surface area contributed by atoms with Crippen molar-refractivity contribution in [3.63, 3.8) is 0 Å². The van der Waals surface area contributed by atoms with Crippen molar-refractivity contribution in [2.24, 2.45) is 10.7 Å². The maximum Gasteiger partial charge on any atom is 0.144 e. The molecule has 0 saturated carbocycles. The van der Waals surface area contributed by atoms with Crippen molar-refractivity contribution in [1.29, 1.82) is 5.41 Å². The first kappa shape index (κ1) is 16.2. The number of hydrogen-bond acceptors (Lipinski definition) is 4. The van der Waals surface area contributed by atoms with E-state index in [2.05, 4.69) is 10.1 Å². The fourth-order valence-electron chi connectivity index (χ4n) is 2.90. The lowest BCUT2D eigenvalue weighted by Crippen LogP contribution is -2.12. The van der Waals surface area contributed by atoms with E-state index in [1.165, 1.54) is 11.3 Å². The third-order valence-electron chi connectivity index (χ3n) is 4.04. The molecule has 4 rings (SSSR count). The molecule has 128 valence electrons. The molecule has 0 saturated heterocycles. The summed E-state index contributed by atoms with van der Waals surface area (Å²) in [4.78, 5) is 9.57. The minimum absolute atomic E-state index is 0.289. The molecule has 7 heteroatoms. The van der Waals surface area contributed by atoms with Gasteiger partial charge in [0.2, 0.25) is 0 Å². The zero-order valence-electron chi connectivity index (χ0n) is 14.0. The number of amidine groups is 1. The predicted octanol–water partition coefficient (Wildman–Crippen LogP) is 3.75. The molecule has 1 aromatic carbocycles. The van der Waals surface area contributed by atoms with Gasteiger partial charge < -0.3 is 5.73 Å². The molecule has 3 N–H and O–H groups in total. The second kappa shape index (κ2) is 6.53. The van der Waals surface area contributed by atoms with E-state index in [1.807, 2.05) is 66.2 Å². The highest BCUT2D eigenvalue weighted by atomic mass is 32.1. The van der Waals surface area contributed by atoms with Crippen LogP contribution in [0.3, 0.4) is 0 Å². The van der Waals surface area contributed by atoms with Gasteiger partial charge >= 0.3 is 0 Å². The summed E-state index contributed by atoms with van der Waals surface area (Å²) in [7, 11) is 0. The third kappa shape index (κ3) is 2.68. The molecule has 3 heterocycles. The van der Waals surface area contributed by atoms with Crippen LogP contribution in [0.2, 0.25) is 0 Å². The molecule has 3 aromatic heterocycles. The molecule has 6 nitrogen and oxygen atoms in total. The van der Waals surface area contributed by atoms with Gasteiger partial charge in [-0.2, -0.15) is 5.10 Å². The lowest BCUT2D eigenvalue weighted by Gasteiger charge is -2.00. The van der Waals surface area contributed by atoms with Gasteiger partial charge in [0.15, 0.2) is 0 Å². The van der Waals surface area contributed by atoms with Crippen LogP contribution in [0.25, 0.3) is 27.3 Å². The van der Waals surface area contributed by atoms with Crippen LogP contribution in [-0.4, -0.2) is 26.8 Å². The molecule has 26 heavy (non-hydrogen) atoms. The van der Waals surface area contributed by atoms with Crippen LogP contribution in [0.15, 0.2) is 59.7 Å². The number of thiazole rings is 1. The van der Waals surface area contributed by atoms with Crippen molar-refractivity contribution in [3.8, 4) is 21.8 Å². The van der Waals surface area contributed by atoms with E-state index in [1.54, 1.807) is 0 Å². The first-order valence-electron chi connectivity index (χ1n) is 8.02. The Hall–Kier alpha value is -3.32. The highest BCUT2D eigenvalue weighted by molar-refractivity contribution is 7.17. The quantitative estimate of drug-likeness (QED) is 0.429. The van der Waals surface area contributed by atoms with Crippen molar-refractivity contribution in [3.05, 3.63) is 65.3 Å². The molecule has 0 bridgehead atoms. The van der Waals surface area contributed by atoms with E-state index in [-0.39, 0.29) is 5.84 Å². The maximum absolute atomic E-state index is 7.22. The average Bonchev–Trinajstić information content (AvgIpc) is 3.23. The Bertz CT molecular complexity index is 1120. The molecule has 0 radical (unpaired) electrons. The number of nitrogens with one attached hydrogen (secondary N) is 1. The number of aromatic nitrogens is 3. The monoisotopic (exact) mass is 360 g/mol. The minimum atomic E-state index is 0.289. The minimum Gasteiger partial charge on any atom is -0.382 e. The number of aliphatic imine (C=N–C) groups is 1. The summed E-state index contributed by atoms with van der Waals surface area (Å²) in [6.07, 6.45) is 2.87. The van der Waals surface area contributed by atoms with Crippen LogP contribution in [-0.2, 0) is 0 Å². The zero-order chi connectivity index (χ0) is 18.1. The summed E-state index contributed by atoms with van der Waals surface area (Å²) < 4.78 is 1.85. The van der Waals surface area contributed by atoms with Gasteiger partial charge in [-0.15, -0.1) is 11.3 Å². The molecular formula is C19H16N6S. The number of nitrogens with two attached hydrogens (primary N) is 1. The first-order valence-corrected chi connectivity index (χ1v) is 8.84. The molecule has 0 unspecified atom stereocenters. The summed E-state index contributed by atoms with van der Waals surface area (Å²) >= 11 is 1.47. The highest BCUT2D eigenvalue weighted by Crippen LogP contribution is 2.37. The number of benzene rings is 1. The Balaban J connectivity index is 1.97. The molecule has 0 spiro atoms. The number of hydrogen-bond donors (Lipinski definition) is 2. The van der Waals surface area contributed by atoms with E-state index < -0.39 is 0 Å². The molecular weight excluding hydrogens is 344 g/mol. The van der Waals surface area contributed by atoms with Gasteiger partial charge in [0.25, 0.3) is 0 Å². The van der Waals surface area contributed by atoms with Gasteiger partial charge in [0.1, 0.15) is 17.2 Å². The van der Waals surface area contributed by atoms with Gasteiger partial charge in [-0.3, -0.25) is 5.41 Å². The van der Waals surface area contributed by atoms with Gasteiger partial charge in [0.05, 0.1) is 27.3 Å². The Kier molecular flexibility index (Phi) is 4.06. The van der Waals surface area contributed by atoms with Crippen LogP contribution in [0.1, 0.15) is 10.6 Å². The highest BCUT2D eigenvalue weighted by Gasteiger charge is 2.21. The average molecular weight is 360 g/mol. The Morgan fingerprint density at radius 1 is 1.19 bits per heavy atom. The standard InChI is InChI=1S/C19H16N6S/c1-12-15(14-9-5-6-10-25(14)24-12)19-23-16(13-7-3-2-4-8-13)17(26-19)18(21)22-11-20/h2-11H,1H3,(H3,20,21,22). The van der Waals surface area contributed by atoms with Gasteiger partial charge in [-0.1, -0.05) is 36.4 Å². The summed E-state index contributed by atoms with van der Waals surface area (Å²) in [5.41, 5.74) is 10.7. The third-order valence-corrected chi connectivity index (χ3v) is 5.13. The van der Waals surface area contributed by atoms with E-state index in [4.69, 9.17) is 16.1 Å². The summed E-state index contributed by atoms with van der Waals surface area (Å²) in [5, 5.41) is 12.6. The van der Waals surface area contributed by atoms with Gasteiger partial charge in [0, 0.05) is 11.8 Å². The Labute approximate surface area is 154 Å². The second-order valence-electron chi connectivity index (χ2n) is 5.70. The van der Waals surface area contributed by atoms with Crippen molar-refractivity contribution >= 4 is 29.0 Å². The SMILES string of the molecule is Cc1nn2ccccc2c1-c1nc(-c2ccccc2)c(C(N)=NC=N)s1. The van der Waals surface area contributed by atoms with Crippen molar-refractivity contribution in [2.75, 3.05) is 0 Å². The summed E-state index contributed by atoms with van der Waals surface area (Å²) in [6.45, 7) is 1.97. The van der Waals surface area contributed by atoms with E-state index in [0.29, 0.717) is 0 Å². The van der Waals surface area contributed by atoms with Crippen LogP contribution in [0, 0.1) is 12.3 Å². The number of pyridine rings is 1.